The molecule has 0 fully saturated rings. The molecular weight excluding hydrogens is 344 g/mol. The molecule has 0 aliphatic heterocycles. The Morgan fingerprint density at radius 2 is 1.00 bits per heavy atom. The van der Waals surface area contributed by atoms with Crippen LogP contribution in [-0.2, 0) is 6.54 Å². The van der Waals surface area contributed by atoms with Gasteiger partial charge in [-0.2, -0.15) is 0 Å². The van der Waals surface area contributed by atoms with Crippen LogP contribution in [0.5, 0.6) is 0 Å². The van der Waals surface area contributed by atoms with Crippen molar-refractivity contribution in [2.24, 2.45) is 0 Å². The van der Waals surface area contributed by atoms with E-state index in [0.717, 1.165) is 19.6 Å². The van der Waals surface area contributed by atoms with E-state index in [-0.39, 0.29) is 0 Å². The average Bonchev–Trinajstić information content (AvgIpc) is 2.70. The van der Waals surface area contributed by atoms with E-state index in [0.29, 0.717) is 0 Å². The van der Waals surface area contributed by atoms with Gasteiger partial charge >= 0.3 is 0 Å². The van der Waals surface area contributed by atoms with Gasteiger partial charge < -0.3 is 10.6 Å². The molecule has 0 atom stereocenters. The second kappa shape index (κ2) is 20.1. The Morgan fingerprint density at radius 3 is 1.56 bits per heavy atom. The van der Waals surface area contributed by atoms with Gasteiger partial charge in [-0.1, -0.05) is 113 Å². The van der Waals surface area contributed by atoms with Crippen molar-refractivity contribution in [3.63, 3.8) is 0 Å². The lowest BCUT2D eigenvalue weighted by atomic mass is 10.0. The first kappa shape index (κ1) is 24.4. The number of hydrogen-bond acceptors (Lipinski definition) is 2. The molecule has 1 rings (SSSR count). The van der Waals surface area contributed by atoms with Gasteiger partial charge in [0.05, 0.1) is 0 Å². The lowest BCUT2D eigenvalue weighted by Crippen LogP contribution is -2.27. The summed E-state index contributed by atoms with van der Waals surface area (Å²) in [5.74, 6) is 0. The monoisotopic (exact) mass is 390 g/mol. The Labute approximate surface area is 172 Å². The molecule has 2 N–H and O–H groups in total. The Bertz CT molecular complexity index is 397. The van der Waals surface area contributed by atoms with E-state index in [4.69, 9.17) is 0 Å². The predicted molar refractivity (Wildman–Crippen MR) is 126 cm³/mol. The third kappa shape index (κ3) is 17.2. The molecule has 0 bridgehead atoms. The minimum Gasteiger partial charge on any atom is -0.315 e. The molecule has 0 aromatic heterocycles. The van der Waals surface area contributed by atoms with E-state index in [1.165, 1.54) is 112 Å². The van der Waals surface area contributed by atoms with Gasteiger partial charge in [0.25, 0.3) is 0 Å². The van der Waals surface area contributed by atoms with Crippen LogP contribution in [0.4, 0.5) is 0 Å². The van der Waals surface area contributed by atoms with Crippen molar-refractivity contribution in [1.29, 1.82) is 0 Å². The zero-order valence-corrected chi connectivity index (χ0v) is 20.1. The number of benzene rings is 1. The Kier molecular flexibility index (Phi) is 18.2. The predicted octanol–water partition coefficient (Wildman–Crippen LogP) is 5.22. The SMILES string of the molecule is [SiH3]CCCCCCCCCCCCCCCNCCNCc1ccccc1. The maximum absolute atomic E-state index is 3.55. The number of nitrogens with one attached hydrogen (secondary N) is 2. The van der Waals surface area contributed by atoms with Crippen molar-refractivity contribution in [2.75, 3.05) is 19.6 Å². The highest BCUT2D eigenvalue weighted by Gasteiger charge is 1.95. The summed E-state index contributed by atoms with van der Waals surface area (Å²) in [5.41, 5.74) is 1.37. The summed E-state index contributed by atoms with van der Waals surface area (Å²) in [6.07, 6.45) is 18.9. The van der Waals surface area contributed by atoms with Crippen LogP contribution in [0.1, 0.15) is 89.0 Å². The van der Waals surface area contributed by atoms with Crippen molar-refractivity contribution in [1.82, 2.24) is 10.6 Å². The van der Waals surface area contributed by atoms with E-state index < -0.39 is 0 Å². The van der Waals surface area contributed by atoms with Crippen LogP contribution < -0.4 is 10.6 Å². The quantitative estimate of drug-likeness (QED) is 0.235. The highest BCUT2D eigenvalue weighted by atomic mass is 28.1. The van der Waals surface area contributed by atoms with Crippen molar-refractivity contribution in [2.45, 2.75) is 96.1 Å². The normalized spacial score (nSPS) is 11.3. The van der Waals surface area contributed by atoms with Crippen LogP contribution in [-0.4, -0.2) is 29.9 Å². The molecule has 27 heavy (non-hydrogen) atoms. The van der Waals surface area contributed by atoms with Gasteiger partial charge in [0.15, 0.2) is 0 Å². The van der Waals surface area contributed by atoms with Crippen LogP contribution in [0.25, 0.3) is 0 Å². The summed E-state index contributed by atoms with van der Waals surface area (Å²) >= 11 is 0. The van der Waals surface area contributed by atoms with Gasteiger partial charge in [0.2, 0.25) is 0 Å². The highest BCUT2D eigenvalue weighted by molar-refractivity contribution is 6.08. The summed E-state index contributed by atoms with van der Waals surface area (Å²) in [6, 6.07) is 12.1. The van der Waals surface area contributed by atoms with Crippen LogP contribution in [0.15, 0.2) is 30.3 Å². The van der Waals surface area contributed by atoms with Gasteiger partial charge in [0, 0.05) is 29.9 Å². The van der Waals surface area contributed by atoms with Gasteiger partial charge in [0.1, 0.15) is 0 Å². The molecule has 0 radical (unpaired) electrons. The highest BCUT2D eigenvalue weighted by Crippen LogP contribution is 2.12. The summed E-state index contributed by atoms with van der Waals surface area (Å²) in [7, 11) is 1.40. The van der Waals surface area contributed by atoms with Gasteiger partial charge in [-0.3, -0.25) is 0 Å². The fourth-order valence-electron chi connectivity index (χ4n) is 3.57. The van der Waals surface area contributed by atoms with Crippen molar-refractivity contribution in [3.05, 3.63) is 35.9 Å². The molecule has 2 nitrogen and oxygen atoms in total. The average molecular weight is 391 g/mol. The van der Waals surface area contributed by atoms with E-state index in [1.54, 1.807) is 0 Å². The second-order valence-electron chi connectivity index (χ2n) is 8.01. The van der Waals surface area contributed by atoms with Crippen LogP contribution in [0.2, 0.25) is 6.04 Å². The molecule has 0 aliphatic carbocycles. The Balaban J connectivity index is 1.67. The van der Waals surface area contributed by atoms with Gasteiger partial charge in [-0.15, -0.1) is 0 Å². The minimum atomic E-state index is 0.975. The van der Waals surface area contributed by atoms with Crippen LogP contribution in [0, 0.1) is 0 Å². The zero-order chi connectivity index (χ0) is 19.3. The zero-order valence-electron chi connectivity index (χ0n) is 18.1. The molecule has 156 valence electrons. The standard InChI is InChI=1S/C24H46N2Si/c27-22-16-11-9-7-5-3-1-2-4-6-8-10-15-19-25-20-21-26-23-24-17-13-12-14-18-24/h12-14,17-18,25-26H,1-11,15-16,19-23H2,27H3. The van der Waals surface area contributed by atoms with E-state index in [1.807, 2.05) is 0 Å². The van der Waals surface area contributed by atoms with E-state index >= 15 is 0 Å². The lowest BCUT2D eigenvalue weighted by molar-refractivity contribution is 0.529. The fourth-order valence-corrected chi connectivity index (χ4v) is 4.07. The largest absolute Gasteiger partial charge is 0.315 e. The van der Waals surface area contributed by atoms with Gasteiger partial charge in [-0.25, -0.2) is 0 Å². The lowest BCUT2D eigenvalue weighted by Gasteiger charge is -2.07. The summed E-state index contributed by atoms with van der Waals surface area (Å²) in [5, 5.41) is 7.05. The molecule has 1 aromatic rings. The minimum absolute atomic E-state index is 0.975. The maximum Gasteiger partial charge on any atom is 0.0206 e. The maximum atomic E-state index is 3.55. The first-order valence-electron chi connectivity index (χ1n) is 11.9. The number of unbranched alkanes of at least 4 members (excludes halogenated alkanes) is 12. The first-order valence-corrected chi connectivity index (χ1v) is 13.3. The molecular formula is C24H46N2Si. The third-order valence-corrected chi connectivity index (χ3v) is 6.06. The second-order valence-corrected chi connectivity index (χ2v) is 9.01. The molecule has 0 amide bonds. The molecule has 0 heterocycles. The van der Waals surface area contributed by atoms with Crippen molar-refractivity contribution >= 4 is 10.2 Å². The number of hydrogen-bond donors (Lipinski definition) is 2. The Hall–Kier alpha value is -0.643. The van der Waals surface area contributed by atoms with E-state index in [2.05, 4.69) is 41.0 Å². The van der Waals surface area contributed by atoms with Crippen LogP contribution >= 0.6 is 0 Å². The Morgan fingerprint density at radius 1 is 0.519 bits per heavy atom. The molecule has 1 aromatic carbocycles. The fraction of sp³-hybridized carbons (Fsp3) is 0.750. The van der Waals surface area contributed by atoms with Crippen molar-refractivity contribution < 1.29 is 0 Å². The van der Waals surface area contributed by atoms with Crippen molar-refractivity contribution in [3.8, 4) is 0 Å². The molecule has 0 unspecified atom stereocenters. The van der Waals surface area contributed by atoms with Gasteiger partial charge in [-0.05, 0) is 18.5 Å². The third-order valence-electron chi connectivity index (χ3n) is 5.36. The summed E-state index contributed by atoms with van der Waals surface area (Å²) < 4.78 is 0. The van der Waals surface area contributed by atoms with Crippen LogP contribution in [0.3, 0.4) is 0 Å². The number of rotatable bonds is 20. The molecule has 0 spiro atoms. The molecule has 3 heteroatoms. The summed E-state index contributed by atoms with van der Waals surface area (Å²) in [6.45, 7) is 4.28. The van der Waals surface area contributed by atoms with E-state index in [9.17, 15) is 0 Å². The molecule has 0 saturated heterocycles. The summed E-state index contributed by atoms with van der Waals surface area (Å²) in [4.78, 5) is 0. The smallest absolute Gasteiger partial charge is 0.0206 e. The topological polar surface area (TPSA) is 24.1 Å². The molecule has 0 aliphatic rings. The first-order chi connectivity index (χ1) is 13.4. The molecule has 0 saturated carbocycles.